The van der Waals surface area contributed by atoms with Crippen molar-refractivity contribution in [2.24, 2.45) is 0 Å². The monoisotopic (exact) mass is 457 g/mol. The van der Waals surface area contributed by atoms with Gasteiger partial charge in [-0.05, 0) is 73.2 Å². The van der Waals surface area contributed by atoms with Crippen LogP contribution in [-0.2, 0) is 6.42 Å². The van der Waals surface area contributed by atoms with Crippen LogP contribution in [0, 0.1) is 0 Å². The van der Waals surface area contributed by atoms with E-state index in [0.717, 1.165) is 41.1 Å². The molecule has 3 nitrogen and oxygen atoms in total. The molecule has 0 aromatic heterocycles. The zero-order valence-electron chi connectivity index (χ0n) is 15.3. The highest BCUT2D eigenvalue weighted by molar-refractivity contribution is 9.10. The normalized spacial score (nSPS) is 16.5. The summed E-state index contributed by atoms with van der Waals surface area (Å²) in [6.07, 6.45) is 2.17. The van der Waals surface area contributed by atoms with Crippen molar-refractivity contribution >= 4 is 40.1 Å². The number of rotatable bonds is 6. The van der Waals surface area contributed by atoms with Crippen molar-refractivity contribution in [3.8, 4) is 11.5 Å². The first-order chi connectivity index (χ1) is 12.1. The predicted octanol–water partition coefficient (Wildman–Crippen LogP) is 5.60. The molecule has 26 heavy (non-hydrogen) atoms. The van der Waals surface area contributed by atoms with Crippen LogP contribution in [0.3, 0.4) is 0 Å². The molecule has 0 saturated carbocycles. The van der Waals surface area contributed by atoms with Gasteiger partial charge in [-0.2, -0.15) is 0 Å². The number of hydrogen-bond acceptors (Lipinski definition) is 4. The molecular weight excluding hydrogens is 434 g/mol. The third kappa shape index (κ3) is 4.89. The van der Waals surface area contributed by atoms with Gasteiger partial charge in [0.2, 0.25) is 0 Å². The average molecular weight is 459 g/mol. The van der Waals surface area contributed by atoms with Crippen LogP contribution in [0.15, 0.2) is 45.8 Å². The predicted molar refractivity (Wildman–Crippen MR) is 115 cm³/mol. The van der Waals surface area contributed by atoms with E-state index in [2.05, 4.69) is 64.3 Å². The summed E-state index contributed by atoms with van der Waals surface area (Å²) in [5, 5.41) is 0. The SMILES string of the molecule is COc1cc2c(cc1OC)C(CCSc1ccc(Br)cc1)N(C)CC2.Cl. The molecule has 0 N–H and O–H groups in total. The fraction of sp³-hybridized carbons (Fsp3) is 0.400. The first kappa shape index (κ1) is 21.4. The maximum absolute atomic E-state index is 5.52. The number of methoxy groups -OCH3 is 2. The van der Waals surface area contributed by atoms with Gasteiger partial charge in [-0.15, -0.1) is 24.2 Å². The summed E-state index contributed by atoms with van der Waals surface area (Å²) in [5.41, 5.74) is 2.76. The molecule has 1 aliphatic heterocycles. The van der Waals surface area contributed by atoms with Gasteiger partial charge in [0.05, 0.1) is 14.2 Å². The lowest BCUT2D eigenvalue weighted by Gasteiger charge is -2.35. The van der Waals surface area contributed by atoms with Crippen LogP contribution in [0.2, 0.25) is 0 Å². The number of thioether (sulfide) groups is 1. The largest absolute Gasteiger partial charge is 0.493 e. The average Bonchev–Trinajstić information content (AvgIpc) is 2.64. The summed E-state index contributed by atoms with van der Waals surface area (Å²) in [5.74, 6) is 2.74. The van der Waals surface area contributed by atoms with Gasteiger partial charge in [0, 0.05) is 22.0 Å². The Morgan fingerprint density at radius 3 is 2.42 bits per heavy atom. The molecule has 3 rings (SSSR count). The van der Waals surface area contributed by atoms with Crippen molar-refractivity contribution in [1.29, 1.82) is 0 Å². The van der Waals surface area contributed by atoms with E-state index in [1.807, 2.05) is 11.8 Å². The van der Waals surface area contributed by atoms with Gasteiger partial charge in [-0.1, -0.05) is 15.9 Å². The number of likely N-dealkylation sites (N-methyl/N-ethyl adjacent to an activating group) is 1. The minimum atomic E-state index is 0. The van der Waals surface area contributed by atoms with Crippen molar-refractivity contribution in [2.45, 2.75) is 23.8 Å². The lowest BCUT2D eigenvalue weighted by atomic mass is 9.91. The number of ether oxygens (including phenoxy) is 2. The molecule has 0 fully saturated rings. The second-order valence-corrected chi connectivity index (χ2v) is 8.33. The lowest BCUT2D eigenvalue weighted by molar-refractivity contribution is 0.225. The molecule has 1 unspecified atom stereocenters. The Morgan fingerprint density at radius 1 is 1.12 bits per heavy atom. The highest BCUT2D eigenvalue weighted by atomic mass is 79.9. The van der Waals surface area contributed by atoms with Gasteiger partial charge in [0.15, 0.2) is 11.5 Å². The molecule has 0 radical (unpaired) electrons. The molecule has 0 aliphatic carbocycles. The zero-order valence-corrected chi connectivity index (χ0v) is 18.5. The first-order valence-corrected chi connectivity index (χ1v) is 10.2. The molecule has 1 aliphatic rings. The Kier molecular flexibility index (Phi) is 8.14. The Morgan fingerprint density at radius 2 is 1.77 bits per heavy atom. The number of nitrogens with zero attached hydrogens (tertiary/aromatic N) is 1. The molecule has 0 spiro atoms. The molecular formula is C20H25BrClNO2S. The molecule has 1 heterocycles. The fourth-order valence-electron chi connectivity index (χ4n) is 3.35. The van der Waals surface area contributed by atoms with Crippen LogP contribution in [0.4, 0.5) is 0 Å². The van der Waals surface area contributed by atoms with Crippen molar-refractivity contribution in [3.05, 3.63) is 52.0 Å². The van der Waals surface area contributed by atoms with Crippen LogP contribution >= 0.6 is 40.1 Å². The van der Waals surface area contributed by atoms with Gasteiger partial charge in [-0.25, -0.2) is 0 Å². The van der Waals surface area contributed by atoms with Gasteiger partial charge in [0.25, 0.3) is 0 Å². The second kappa shape index (κ2) is 9.88. The van der Waals surface area contributed by atoms with E-state index >= 15 is 0 Å². The summed E-state index contributed by atoms with van der Waals surface area (Å²) in [7, 11) is 5.62. The van der Waals surface area contributed by atoms with Crippen LogP contribution in [0.1, 0.15) is 23.6 Å². The third-order valence-corrected chi connectivity index (χ3v) is 6.32. The highest BCUT2D eigenvalue weighted by Gasteiger charge is 2.26. The Labute approximate surface area is 175 Å². The second-order valence-electron chi connectivity index (χ2n) is 6.24. The number of hydrogen-bond donors (Lipinski definition) is 0. The van der Waals surface area contributed by atoms with Crippen molar-refractivity contribution in [1.82, 2.24) is 4.90 Å². The molecule has 2 aromatic carbocycles. The third-order valence-electron chi connectivity index (χ3n) is 4.74. The molecule has 142 valence electrons. The van der Waals surface area contributed by atoms with Gasteiger partial charge in [-0.3, -0.25) is 4.90 Å². The summed E-state index contributed by atoms with van der Waals surface area (Å²) in [6, 6.07) is 13.3. The number of benzene rings is 2. The molecule has 0 bridgehead atoms. The van der Waals surface area contributed by atoms with Gasteiger partial charge >= 0.3 is 0 Å². The number of fused-ring (bicyclic) bond motifs is 1. The Bertz CT molecular complexity index is 726. The minimum absolute atomic E-state index is 0. The summed E-state index contributed by atoms with van der Waals surface area (Å²) >= 11 is 5.40. The van der Waals surface area contributed by atoms with Gasteiger partial charge in [0.1, 0.15) is 0 Å². The zero-order chi connectivity index (χ0) is 17.8. The molecule has 1 atom stereocenters. The van der Waals surface area contributed by atoms with Crippen molar-refractivity contribution in [3.63, 3.8) is 0 Å². The minimum Gasteiger partial charge on any atom is -0.493 e. The van der Waals surface area contributed by atoms with Crippen molar-refractivity contribution < 1.29 is 9.47 Å². The lowest BCUT2D eigenvalue weighted by Crippen LogP contribution is -2.32. The van der Waals surface area contributed by atoms with Crippen LogP contribution in [0.25, 0.3) is 0 Å². The van der Waals surface area contributed by atoms with Crippen LogP contribution in [-0.4, -0.2) is 38.5 Å². The van der Waals surface area contributed by atoms with E-state index in [1.54, 1.807) is 14.2 Å². The molecule has 0 saturated heterocycles. The first-order valence-electron chi connectivity index (χ1n) is 8.45. The van der Waals surface area contributed by atoms with E-state index < -0.39 is 0 Å². The topological polar surface area (TPSA) is 21.7 Å². The quantitative estimate of drug-likeness (QED) is 0.525. The Balaban J connectivity index is 0.00000243. The number of halogens is 2. The van der Waals surface area contributed by atoms with E-state index in [-0.39, 0.29) is 12.4 Å². The summed E-state index contributed by atoms with van der Waals surface area (Å²) in [6.45, 7) is 1.08. The smallest absolute Gasteiger partial charge is 0.161 e. The summed E-state index contributed by atoms with van der Waals surface area (Å²) in [4.78, 5) is 3.77. The maximum atomic E-state index is 5.52. The summed E-state index contributed by atoms with van der Waals surface area (Å²) < 4.78 is 12.1. The molecule has 6 heteroatoms. The standard InChI is InChI=1S/C20H24BrNO2S.ClH/c1-22-10-8-14-12-19(23-2)20(24-3)13-17(14)18(22)9-11-25-16-6-4-15(21)5-7-16;/h4-7,12-13,18H,8-11H2,1-3H3;1H. The van der Waals surface area contributed by atoms with E-state index in [0.29, 0.717) is 6.04 Å². The van der Waals surface area contributed by atoms with E-state index in [1.165, 1.54) is 16.0 Å². The molecule has 2 aromatic rings. The fourth-order valence-corrected chi connectivity index (χ4v) is 4.52. The Hall–Kier alpha value is -0.880. The molecule has 0 amide bonds. The van der Waals surface area contributed by atoms with Crippen LogP contribution < -0.4 is 9.47 Å². The van der Waals surface area contributed by atoms with Crippen LogP contribution in [0.5, 0.6) is 11.5 Å². The van der Waals surface area contributed by atoms with E-state index in [9.17, 15) is 0 Å². The highest BCUT2D eigenvalue weighted by Crippen LogP contribution is 2.39. The van der Waals surface area contributed by atoms with Crippen molar-refractivity contribution in [2.75, 3.05) is 33.6 Å². The van der Waals surface area contributed by atoms with Gasteiger partial charge < -0.3 is 9.47 Å². The van der Waals surface area contributed by atoms with E-state index in [4.69, 9.17) is 9.47 Å². The maximum Gasteiger partial charge on any atom is 0.161 e.